The average molecular weight is 248 g/mol. The van der Waals surface area contributed by atoms with E-state index in [4.69, 9.17) is 5.73 Å². The summed E-state index contributed by atoms with van der Waals surface area (Å²) in [5.74, 6) is 0. The van der Waals surface area contributed by atoms with E-state index in [2.05, 4.69) is 65.7 Å². The first kappa shape index (κ1) is 15.2. The van der Waals surface area contributed by atoms with Crippen LogP contribution < -0.4 is 5.73 Å². The first-order valence-corrected chi connectivity index (χ1v) is 6.66. The molecule has 2 N–H and O–H groups in total. The first-order chi connectivity index (χ1) is 8.16. The van der Waals surface area contributed by atoms with Crippen molar-refractivity contribution in [3.8, 4) is 0 Å². The van der Waals surface area contributed by atoms with Gasteiger partial charge in [-0.3, -0.25) is 0 Å². The van der Waals surface area contributed by atoms with Crippen LogP contribution in [0.2, 0.25) is 0 Å². The van der Waals surface area contributed by atoms with Gasteiger partial charge >= 0.3 is 0 Å². The minimum atomic E-state index is 0.00374. The molecule has 0 aliphatic carbocycles. The van der Waals surface area contributed by atoms with Gasteiger partial charge in [0.15, 0.2) is 0 Å². The maximum absolute atomic E-state index is 6.42. The van der Waals surface area contributed by atoms with Gasteiger partial charge in [-0.1, -0.05) is 17.7 Å². The van der Waals surface area contributed by atoms with Crippen LogP contribution in [-0.2, 0) is 6.42 Å². The molecule has 18 heavy (non-hydrogen) atoms. The Morgan fingerprint density at radius 2 is 1.56 bits per heavy atom. The molecule has 0 spiro atoms. The number of benzene rings is 1. The summed E-state index contributed by atoms with van der Waals surface area (Å²) in [4.78, 5) is 2.20. The van der Waals surface area contributed by atoms with Crippen molar-refractivity contribution in [3.63, 3.8) is 0 Å². The van der Waals surface area contributed by atoms with E-state index < -0.39 is 0 Å². The van der Waals surface area contributed by atoms with Crippen molar-refractivity contribution in [2.75, 3.05) is 14.1 Å². The van der Waals surface area contributed by atoms with Gasteiger partial charge in [0.2, 0.25) is 0 Å². The van der Waals surface area contributed by atoms with Crippen LogP contribution in [0.25, 0.3) is 0 Å². The quantitative estimate of drug-likeness (QED) is 0.888. The van der Waals surface area contributed by atoms with Gasteiger partial charge in [-0.05, 0) is 71.8 Å². The molecule has 0 amide bonds. The van der Waals surface area contributed by atoms with Gasteiger partial charge < -0.3 is 10.6 Å². The van der Waals surface area contributed by atoms with Crippen molar-refractivity contribution in [3.05, 3.63) is 34.4 Å². The summed E-state index contributed by atoms with van der Waals surface area (Å²) in [6.07, 6.45) is 0.934. The second kappa shape index (κ2) is 5.41. The van der Waals surface area contributed by atoms with Crippen molar-refractivity contribution in [2.24, 2.45) is 5.73 Å². The zero-order chi connectivity index (χ0) is 14.1. The normalized spacial score (nSPS) is 14.1. The molecule has 0 bridgehead atoms. The minimum absolute atomic E-state index is 0.00374. The molecule has 102 valence electrons. The van der Waals surface area contributed by atoms with Crippen LogP contribution >= 0.6 is 0 Å². The van der Waals surface area contributed by atoms with Crippen LogP contribution in [0.1, 0.15) is 36.1 Å². The van der Waals surface area contributed by atoms with Crippen LogP contribution in [0.4, 0.5) is 0 Å². The second-order valence-corrected chi connectivity index (χ2v) is 6.24. The fourth-order valence-corrected chi connectivity index (χ4v) is 2.33. The van der Waals surface area contributed by atoms with E-state index in [9.17, 15) is 0 Å². The Hall–Kier alpha value is -0.860. The molecule has 0 aliphatic rings. The van der Waals surface area contributed by atoms with Crippen LogP contribution in [0, 0.1) is 20.8 Å². The van der Waals surface area contributed by atoms with Crippen LogP contribution in [0.15, 0.2) is 12.1 Å². The van der Waals surface area contributed by atoms with Crippen molar-refractivity contribution >= 4 is 0 Å². The number of hydrogen-bond donors (Lipinski definition) is 1. The van der Waals surface area contributed by atoms with Crippen LogP contribution in [0.3, 0.4) is 0 Å². The molecule has 0 aliphatic heterocycles. The highest BCUT2D eigenvalue weighted by atomic mass is 15.2. The average Bonchev–Trinajstić information content (AvgIpc) is 2.22. The van der Waals surface area contributed by atoms with Crippen molar-refractivity contribution in [1.29, 1.82) is 0 Å². The number of aryl methyl sites for hydroxylation is 3. The predicted octanol–water partition coefficient (Wildman–Crippen LogP) is 2.82. The van der Waals surface area contributed by atoms with Gasteiger partial charge in [0.1, 0.15) is 0 Å². The molecular formula is C16H28N2. The van der Waals surface area contributed by atoms with Gasteiger partial charge in [0.25, 0.3) is 0 Å². The van der Waals surface area contributed by atoms with E-state index in [0.29, 0.717) is 0 Å². The fourth-order valence-electron chi connectivity index (χ4n) is 2.33. The Morgan fingerprint density at radius 1 is 1.11 bits per heavy atom. The highest BCUT2D eigenvalue weighted by Gasteiger charge is 2.29. The van der Waals surface area contributed by atoms with Gasteiger partial charge in [0, 0.05) is 11.6 Å². The third-order valence-electron chi connectivity index (χ3n) is 4.32. The standard InChI is InChI=1S/C16H28N2/c1-11-8-12(2)14(13(3)9-11)10-15(17)16(4,5)18(6)7/h8-9,15H,10,17H2,1-7H3. The lowest BCUT2D eigenvalue weighted by Gasteiger charge is -2.38. The number of nitrogens with zero attached hydrogens (tertiary/aromatic N) is 1. The lowest BCUT2D eigenvalue weighted by molar-refractivity contribution is 0.157. The number of likely N-dealkylation sites (N-methyl/N-ethyl adjacent to an activating group) is 1. The molecule has 0 heterocycles. The maximum Gasteiger partial charge on any atom is 0.0301 e. The molecule has 0 saturated carbocycles. The number of nitrogens with two attached hydrogens (primary N) is 1. The third kappa shape index (κ3) is 3.12. The van der Waals surface area contributed by atoms with E-state index in [1.165, 1.54) is 22.3 Å². The van der Waals surface area contributed by atoms with Gasteiger partial charge in [0.05, 0.1) is 0 Å². The molecule has 1 rings (SSSR count). The smallest absolute Gasteiger partial charge is 0.0301 e. The lowest BCUT2D eigenvalue weighted by Crippen LogP contribution is -2.54. The third-order valence-corrected chi connectivity index (χ3v) is 4.32. The number of rotatable bonds is 4. The molecule has 1 atom stereocenters. The van der Waals surface area contributed by atoms with E-state index >= 15 is 0 Å². The second-order valence-electron chi connectivity index (χ2n) is 6.24. The summed E-state index contributed by atoms with van der Waals surface area (Å²) >= 11 is 0. The SMILES string of the molecule is Cc1cc(C)c(CC(N)C(C)(C)N(C)C)c(C)c1. The van der Waals surface area contributed by atoms with Gasteiger partial charge in [-0.2, -0.15) is 0 Å². The van der Waals surface area contributed by atoms with Crippen molar-refractivity contribution in [2.45, 2.75) is 52.6 Å². The molecular weight excluding hydrogens is 220 g/mol. The molecule has 0 fully saturated rings. The molecule has 0 saturated heterocycles. The Labute approximate surface area is 112 Å². The Balaban J connectivity index is 2.99. The van der Waals surface area contributed by atoms with E-state index in [0.717, 1.165) is 6.42 Å². The lowest BCUT2D eigenvalue weighted by atomic mass is 9.86. The summed E-state index contributed by atoms with van der Waals surface area (Å²) in [5, 5.41) is 0. The van der Waals surface area contributed by atoms with Gasteiger partial charge in [-0.25, -0.2) is 0 Å². The summed E-state index contributed by atoms with van der Waals surface area (Å²) in [5.41, 5.74) is 11.9. The maximum atomic E-state index is 6.42. The molecule has 1 aromatic carbocycles. The molecule has 0 aromatic heterocycles. The Bertz CT molecular complexity index is 396. The summed E-state index contributed by atoms with van der Waals surface area (Å²) in [6.45, 7) is 10.9. The predicted molar refractivity (Wildman–Crippen MR) is 80.1 cm³/mol. The van der Waals surface area contributed by atoms with Crippen molar-refractivity contribution in [1.82, 2.24) is 4.90 Å². The first-order valence-electron chi connectivity index (χ1n) is 6.66. The van der Waals surface area contributed by atoms with Crippen molar-refractivity contribution < 1.29 is 0 Å². The van der Waals surface area contributed by atoms with E-state index in [1.54, 1.807) is 0 Å². The summed E-state index contributed by atoms with van der Waals surface area (Å²) in [6, 6.07) is 4.63. The monoisotopic (exact) mass is 248 g/mol. The largest absolute Gasteiger partial charge is 0.326 e. The molecule has 0 radical (unpaired) electrons. The van der Waals surface area contributed by atoms with E-state index in [-0.39, 0.29) is 11.6 Å². The van der Waals surface area contributed by atoms with E-state index in [1.807, 2.05) is 0 Å². The molecule has 1 unspecified atom stereocenters. The topological polar surface area (TPSA) is 29.3 Å². The number of hydrogen-bond acceptors (Lipinski definition) is 2. The molecule has 1 aromatic rings. The molecule has 2 nitrogen and oxygen atoms in total. The molecule has 2 heteroatoms. The Kier molecular flexibility index (Phi) is 4.57. The highest BCUT2D eigenvalue weighted by molar-refractivity contribution is 5.38. The zero-order valence-corrected chi connectivity index (χ0v) is 13.0. The zero-order valence-electron chi connectivity index (χ0n) is 13.0. The summed E-state index contributed by atoms with van der Waals surface area (Å²) < 4.78 is 0. The fraction of sp³-hybridized carbons (Fsp3) is 0.625. The van der Waals surface area contributed by atoms with Gasteiger partial charge in [-0.15, -0.1) is 0 Å². The van der Waals surface area contributed by atoms with Crippen LogP contribution in [-0.4, -0.2) is 30.6 Å². The van der Waals surface area contributed by atoms with Crippen LogP contribution in [0.5, 0.6) is 0 Å². The summed E-state index contributed by atoms with van der Waals surface area (Å²) in [7, 11) is 4.18. The Morgan fingerprint density at radius 3 is 1.94 bits per heavy atom. The highest BCUT2D eigenvalue weighted by Crippen LogP contribution is 2.22. The minimum Gasteiger partial charge on any atom is -0.326 e.